The van der Waals surface area contributed by atoms with Crippen molar-refractivity contribution in [3.63, 3.8) is 0 Å². The highest BCUT2D eigenvalue weighted by Crippen LogP contribution is 2.30. The van der Waals surface area contributed by atoms with Crippen LogP contribution in [0.2, 0.25) is 4.34 Å². The van der Waals surface area contributed by atoms with Gasteiger partial charge in [-0.3, -0.25) is 10.1 Å². The smallest absolute Gasteiger partial charge is 0.252 e. The van der Waals surface area contributed by atoms with Crippen molar-refractivity contribution in [3.05, 3.63) is 28.2 Å². The molecule has 0 spiro atoms. The highest BCUT2D eigenvalue weighted by atomic mass is 35.5. The molecule has 3 heterocycles. The van der Waals surface area contributed by atoms with Crippen molar-refractivity contribution >= 4 is 44.8 Å². The van der Waals surface area contributed by atoms with Gasteiger partial charge < -0.3 is 4.52 Å². The molecule has 0 aliphatic carbocycles. The van der Waals surface area contributed by atoms with Crippen LogP contribution in [0.4, 0.5) is 5.88 Å². The van der Waals surface area contributed by atoms with E-state index in [-0.39, 0.29) is 22.5 Å². The zero-order chi connectivity index (χ0) is 17.3. The first-order chi connectivity index (χ1) is 11.4. The first-order valence-corrected chi connectivity index (χ1v) is 9.99. The lowest BCUT2D eigenvalue weighted by Crippen LogP contribution is -2.43. The number of hydrogen-bond acceptors (Lipinski definition) is 6. The van der Waals surface area contributed by atoms with Gasteiger partial charge >= 0.3 is 0 Å². The van der Waals surface area contributed by atoms with Crippen molar-refractivity contribution in [2.45, 2.75) is 24.0 Å². The molecule has 24 heavy (non-hydrogen) atoms. The van der Waals surface area contributed by atoms with Gasteiger partial charge in [0.05, 0.1) is 15.9 Å². The Kier molecular flexibility index (Phi) is 4.95. The van der Waals surface area contributed by atoms with Gasteiger partial charge in [-0.1, -0.05) is 16.8 Å². The zero-order valence-electron chi connectivity index (χ0n) is 12.9. The fourth-order valence-electron chi connectivity index (χ4n) is 2.58. The van der Waals surface area contributed by atoms with Crippen LogP contribution in [-0.2, 0) is 14.8 Å². The Balaban J connectivity index is 1.71. The molecular formula is C14H16ClN3O4S2. The second kappa shape index (κ2) is 6.83. The molecule has 2 aromatic heterocycles. The molecule has 10 heteroatoms. The Labute approximate surface area is 148 Å². The Hall–Kier alpha value is -1.42. The van der Waals surface area contributed by atoms with E-state index < -0.39 is 15.9 Å². The minimum atomic E-state index is -3.62. The summed E-state index contributed by atoms with van der Waals surface area (Å²) in [6, 6.07) is 4.66. The van der Waals surface area contributed by atoms with Gasteiger partial charge in [-0.15, -0.1) is 11.3 Å². The largest absolute Gasteiger partial charge is 0.338 e. The SMILES string of the molecule is Cc1cc(NC(=O)[C@H]2CCCN(S(=O)(=O)c3ccc(Cl)s3)C2)on1. The minimum Gasteiger partial charge on any atom is -0.338 e. The summed E-state index contributed by atoms with van der Waals surface area (Å²) in [7, 11) is -3.62. The number of amides is 1. The maximum absolute atomic E-state index is 12.6. The van der Waals surface area contributed by atoms with E-state index in [1.165, 1.54) is 10.4 Å². The van der Waals surface area contributed by atoms with Crippen LogP contribution in [0.1, 0.15) is 18.5 Å². The van der Waals surface area contributed by atoms with E-state index in [2.05, 4.69) is 10.5 Å². The second-order valence-corrected chi connectivity index (χ2v) is 9.46. The van der Waals surface area contributed by atoms with Gasteiger partial charge in [0.15, 0.2) is 0 Å². The summed E-state index contributed by atoms with van der Waals surface area (Å²) in [5, 5.41) is 6.34. The van der Waals surface area contributed by atoms with Gasteiger partial charge in [0.1, 0.15) is 4.21 Å². The molecule has 130 valence electrons. The molecule has 2 aromatic rings. The molecule has 1 N–H and O–H groups in total. The summed E-state index contributed by atoms with van der Waals surface area (Å²) < 4.78 is 32.2. The van der Waals surface area contributed by atoms with Crippen molar-refractivity contribution in [2.75, 3.05) is 18.4 Å². The van der Waals surface area contributed by atoms with Crippen molar-refractivity contribution in [2.24, 2.45) is 5.92 Å². The van der Waals surface area contributed by atoms with E-state index in [4.69, 9.17) is 16.1 Å². The Morgan fingerprint density at radius 1 is 1.50 bits per heavy atom. The van der Waals surface area contributed by atoms with Crippen molar-refractivity contribution in [1.29, 1.82) is 0 Å². The fraction of sp³-hybridized carbons (Fsp3) is 0.429. The topological polar surface area (TPSA) is 92.5 Å². The van der Waals surface area contributed by atoms with Crippen molar-refractivity contribution in [1.82, 2.24) is 9.46 Å². The van der Waals surface area contributed by atoms with Gasteiger partial charge in [-0.25, -0.2) is 8.42 Å². The number of carbonyl (C=O) groups is 1. The number of aryl methyl sites for hydroxylation is 1. The number of nitrogens with zero attached hydrogens (tertiary/aromatic N) is 2. The second-order valence-electron chi connectivity index (χ2n) is 5.58. The van der Waals surface area contributed by atoms with Gasteiger partial charge in [-0.05, 0) is 31.9 Å². The number of hydrogen-bond donors (Lipinski definition) is 1. The van der Waals surface area contributed by atoms with E-state index in [0.717, 1.165) is 11.3 Å². The van der Waals surface area contributed by atoms with Crippen LogP contribution in [0, 0.1) is 12.8 Å². The molecule has 7 nitrogen and oxygen atoms in total. The van der Waals surface area contributed by atoms with Crippen LogP contribution in [0.3, 0.4) is 0 Å². The predicted octanol–water partition coefficient (Wildman–Crippen LogP) is 2.74. The number of anilines is 1. The number of carbonyl (C=O) groups excluding carboxylic acids is 1. The Morgan fingerprint density at radius 3 is 2.92 bits per heavy atom. The molecule has 1 atom stereocenters. The van der Waals surface area contributed by atoms with Crippen LogP contribution in [0.25, 0.3) is 0 Å². The summed E-state index contributed by atoms with van der Waals surface area (Å²) in [5.41, 5.74) is 0.660. The summed E-state index contributed by atoms with van der Waals surface area (Å²) in [4.78, 5) is 12.4. The van der Waals surface area contributed by atoms with Crippen LogP contribution in [0.5, 0.6) is 0 Å². The molecule has 0 bridgehead atoms. The molecule has 0 aromatic carbocycles. The summed E-state index contributed by atoms with van der Waals surface area (Å²) in [6.45, 7) is 2.28. The van der Waals surface area contributed by atoms with Gasteiger partial charge in [0.25, 0.3) is 10.0 Å². The fourth-order valence-corrected chi connectivity index (χ4v) is 5.75. The third kappa shape index (κ3) is 3.64. The molecule has 3 rings (SSSR count). The molecule has 1 fully saturated rings. The van der Waals surface area contributed by atoms with E-state index in [1.807, 2.05) is 0 Å². The first kappa shape index (κ1) is 17.4. The number of nitrogens with one attached hydrogen (secondary N) is 1. The third-order valence-corrected chi connectivity index (χ3v) is 7.34. The maximum Gasteiger partial charge on any atom is 0.252 e. The number of sulfonamides is 1. The van der Waals surface area contributed by atoms with Crippen molar-refractivity contribution < 1.29 is 17.7 Å². The number of piperidine rings is 1. The first-order valence-electron chi connectivity index (χ1n) is 7.36. The lowest BCUT2D eigenvalue weighted by molar-refractivity contribution is -0.121. The molecule has 0 radical (unpaired) electrons. The van der Waals surface area contributed by atoms with Crippen LogP contribution < -0.4 is 5.32 Å². The minimum absolute atomic E-state index is 0.136. The van der Waals surface area contributed by atoms with Crippen LogP contribution in [-0.4, -0.2) is 36.9 Å². The van der Waals surface area contributed by atoms with Crippen LogP contribution in [0.15, 0.2) is 26.9 Å². The predicted molar refractivity (Wildman–Crippen MR) is 90.7 cm³/mol. The van der Waals surface area contributed by atoms with E-state index >= 15 is 0 Å². The van der Waals surface area contributed by atoms with E-state index in [0.29, 0.717) is 29.4 Å². The molecule has 1 aliphatic heterocycles. The third-order valence-electron chi connectivity index (χ3n) is 3.77. The van der Waals surface area contributed by atoms with Gasteiger partial charge in [0.2, 0.25) is 11.8 Å². The summed E-state index contributed by atoms with van der Waals surface area (Å²) >= 11 is 6.85. The molecule has 1 saturated heterocycles. The normalized spacial score (nSPS) is 19.3. The quantitative estimate of drug-likeness (QED) is 0.867. The summed E-state index contributed by atoms with van der Waals surface area (Å²) in [5.74, 6) is -0.438. The molecular weight excluding hydrogens is 374 g/mol. The molecule has 1 amide bonds. The average Bonchev–Trinajstić information content (AvgIpc) is 3.16. The van der Waals surface area contributed by atoms with E-state index in [9.17, 15) is 13.2 Å². The van der Waals surface area contributed by atoms with Crippen LogP contribution >= 0.6 is 22.9 Å². The monoisotopic (exact) mass is 389 g/mol. The molecule has 0 unspecified atom stereocenters. The average molecular weight is 390 g/mol. The maximum atomic E-state index is 12.6. The number of rotatable bonds is 4. The van der Waals surface area contributed by atoms with E-state index in [1.54, 1.807) is 19.1 Å². The van der Waals surface area contributed by atoms with Gasteiger partial charge in [-0.2, -0.15) is 4.31 Å². The molecule has 0 saturated carbocycles. The number of halogens is 1. The standard InChI is InChI=1S/C14H16ClN3O4S2/c1-9-7-12(22-17-9)16-14(19)10-3-2-6-18(8-10)24(20,21)13-5-4-11(15)23-13/h4-5,7,10H,2-3,6,8H2,1H3,(H,16,19)/t10-/m0/s1. The highest BCUT2D eigenvalue weighted by molar-refractivity contribution is 7.91. The number of thiophene rings is 1. The summed E-state index contributed by atoms with van der Waals surface area (Å²) in [6.07, 6.45) is 1.24. The Morgan fingerprint density at radius 2 is 2.29 bits per heavy atom. The van der Waals surface area contributed by atoms with Gasteiger partial charge in [0, 0.05) is 19.2 Å². The highest BCUT2D eigenvalue weighted by Gasteiger charge is 2.34. The van der Waals surface area contributed by atoms with Crippen molar-refractivity contribution in [3.8, 4) is 0 Å². The zero-order valence-corrected chi connectivity index (χ0v) is 15.2. The lowest BCUT2D eigenvalue weighted by atomic mass is 9.99. The lowest BCUT2D eigenvalue weighted by Gasteiger charge is -2.30. The number of aromatic nitrogens is 1. The molecule has 1 aliphatic rings. The Bertz CT molecular complexity index is 846.